The molecule has 4 rings (SSSR count). The van der Waals surface area contributed by atoms with E-state index in [0.717, 1.165) is 42.7 Å². The van der Waals surface area contributed by atoms with Crippen molar-refractivity contribution in [3.05, 3.63) is 71.2 Å². The maximum atomic E-state index is 12.7. The zero-order chi connectivity index (χ0) is 23.2. The number of aromatic nitrogens is 2. The van der Waals surface area contributed by atoms with Crippen LogP contribution >= 0.6 is 0 Å². The predicted octanol–water partition coefficient (Wildman–Crippen LogP) is 3.08. The fourth-order valence-corrected chi connectivity index (χ4v) is 3.91. The van der Waals surface area contributed by atoms with E-state index in [1.807, 2.05) is 17.7 Å². The Morgan fingerprint density at radius 3 is 2.94 bits per heavy atom. The van der Waals surface area contributed by atoms with Crippen LogP contribution in [0.25, 0.3) is 0 Å². The van der Waals surface area contributed by atoms with Gasteiger partial charge in [-0.05, 0) is 44.4 Å². The number of ether oxygens (including phenoxy) is 1. The SMILES string of the molecule is COc1cccc(C(=O)N/N=C2\CCCc3oc(C(=O)NCCCn4ccnc4)c(C)c32)c1. The van der Waals surface area contributed by atoms with Crippen LogP contribution in [0.15, 0.2) is 52.5 Å². The number of carbonyl (C=O) groups is 2. The lowest BCUT2D eigenvalue weighted by atomic mass is 9.93. The van der Waals surface area contributed by atoms with Gasteiger partial charge in [0, 0.05) is 48.6 Å². The number of hydrogen-bond donors (Lipinski definition) is 2. The van der Waals surface area contributed by atoms with Crippen molar-refractivity contribution in [2.75, 3.05) is 13.7 Å². The summed E-state index contributed by atoms with van der Waals surface area (Å²) in [5, 5.41) is 7.29. The summed E-state index contributed by atoms with van der Waals surface area (Å²) >= 11 is 0. The molecule has 0 radical (unpaired) electrons. The number of nitrogens with zero attached hydrogens (tertiary/aromatic N) is 3. The van der Waals surface area contributed by atoms with Crippen molar-refractivity contribution in [2.24, 2.45) is 5.10 Å². The number of aryl methyl sites for hydroxylation is 2. The number of benzene rings is 1. The van der Waals surface area contributed by atoms with E-state index >= 15 is 0 Å². The van der Waals surface area contributed by atoms with Crippen LogP contribution in [0, 0.1) is 6.92 Å². The van der Waals surface area contributed by atoms with Gasteiger partial charge in [0.25, 0.3) is 11.8 Å². The Labute approximate surface area is 191 Å². The second-order valence-corrected chi connectivity index (χ2v) is 7.85. The van der Waals surface area contributed by atoms with Crippen molar-refractivity contribution < 1.29 is 18.7 Å². The molecule has 9 nitrogen and oxygen atoms in total. The molecule has 0 saturated heterocycles. The Hall–Kier alpha value is -3.88. The summed E-state index contributed by atoms with van der Waals surface area (Å²) in [4.78, 5) is 29.3. The highest BCUT2D eigenvalue weighted by Gasteiger charge is 2.28. The minimum Gasteiger partial charge on any atom is -0.497 e. The number of furan rings is 1. The average Bonchev–Trinajstić information content (AvgIpc) is 3.48. The molecule has 0 aliphatic heterocycles. The maximum absolute atomic E-state index is 12.7. The summed E-state index contributed by atoms with van der Waals surface area (Å²) in [6, 6.07) is 6.87. The Morgan fingerprint density at radius 1 is 1.27 bits per heavy atom. The Balaban J connectivity index is 1.43. The zero-order valence-corrected chi connectivity index (χ0v) is 18.8. The molecule has 2 amide bonds. The van der Waals surface area contributed by atoms with Crippen molar-refractivity contribution in [3.63, 3.8) is 0 Å². The first-order valence-corrected chi connectivity index (χ1v) is 10.9. The molecular formula is C24H27N5O4. The van der Waals surface area contributed by atoms with Gasteiger partial charge in [-0.1, -0.05) is 6.07 Å². The highest BCUT2D eigenvalue weighted by Crippen LogP contribution is 2.30. The fourth-order valence-electron chi connectivity index (χ4n) is 3.91. The molecule has 2 N–H and O–H groups in total. The standard InChI is InChI=1S/C24H27N5O4/c1-16-21-19(27-28-23(30)17-6-3-7-18(14-17)32-2)8-4-9-20(21)33-22(16)24(31)26-10-5-12-29-13-11-25-15-29/h3,6-7,11,13-15H,4-5,8-10,12H2,1-2H3,(H,26,31)(H,28,30)/b27-19+. The van der Waals surface area contributed by atoms with Gasteiger partial charge < -0.3 is 19.0 Å². The minimum absolute atomic E-state index is 0.243. The first-order valence-electron chi connectivity index (χ1n) is 10.9. The van der Waals surface area contributed by atoms with Crippen molar-refractivity contribution in [1.29, 1.82) is 0 Å². The molecule has 0 fully saturated rings. The van der Waals surface area contributed by atoms with E-state index in [1.54, 1.807) is 43.9 Å². The average molecular weight is 450 g/mol. The summed E-state index contributed by atoms with van der Waals surface area (Å²) in [5.41, 5.74) is 5.35. The molecular weight excluding hydrogens is 422 g/mol. The number of rotatable bonds is 8. The van der Waals surface area contributed by atoms with Crippen LogP contribution in [-0.2, 0) is 13.0 Å². The van der Waals surface area contributed by atoms with Gasteiger partial charge >= 0.3 is 0 Å². The van der Waals surface area contributed by atoms with Gasteiger partial charge in [-0.3, -0.25) is 9.59 Å². The molecule has 172 valence electrons. The minimum atomic E-state index is -0.328. The number of methoxy groups -OCH3 is 1. The van der Waals surface area contributed by atoms with Crippen molar-refractivity contribution >= 4 is 17.5 Å². The molecule has 1 aromatic carbocycles. The summed E-state index contributed by atoms with van der Waals surface area (Å²) in [6.45, 7) is 3.16. The van der Waals surface area contributed by atoms with Crippen LogP contribution in [0.5, 0.6) is 5.75 Å². The number of carbonyl (C=O) groups excluding carboxylic acids is 2. The lowest BCUT2D eigenvalue weighted by molar-refractivity contribution is 0.0920. The highest BCUT2D eigenvalue weighted by atomic mass is 16.5. The molecule has 9 heteroatoms. The van der Waals surface area contributed by atoms with Crippen molar-refractivity contribution in [3.8, 4) is 5.75 Å². The Kier molecular flexibility index (Phi) is 6.87. The fraction of sp³-hybridized carbons (Fsp3) is 0.333. The molecule has 2 aromatic heterocycles. The quantitative estimate of drug-likeness (QED) is 0.406. The normalized spacial score (nSPS) is 14.1. The molecule has 0 unspecified atom stereocenters. The number of fused-ring (bicyclic) bond motifs is 1. The second kappa shape index (κ2) is 10.2. The molecule has 2 heterocycles. The molecule has 1 aliphatic carbocycles. The lowest BCUT2D eigenvalue weighted by Gasteiger charge is -2.13. The molecule has 0 saturated carbocycles. The van der Waals surface area contributed by atoms with Crippen molar-refractivity contribution in [2.45, 2.75) is 39.2 Å². The number of nitrogens with one attached hydrogen (secondary N) is 2. The molecule has 3 aromatic rings. The van der Waals surface area contributed by atoms with E-state index < -0.39 is 0 Å². The third-order valence-electron chi connectivity index (χ3n) is 5.59. The number of hydrazone groups is 1. The zero-order valence-electron chi connectivity index (χ0n) is 18.8. The van der Waals surface area contributed by atoms with E-state index in [0.29, 0.717) is 35.8 Å². The predicted molar refractivity (Wildman–Crippen MR) is 123 cm³/mol. The Bertz CT molecular complexity index is 1160. The van der Waals surface area contributed by atoms with Gasteiger partial charge in [-0.25, -0.2) is 10.4 Å². The highest BCUT2D eigenvalue weighted by molar-refractivity contribution is 6.07. The van der Waals surface area contributed by atoms with E-state index in [9.17, 15) is 9.59 Å². The van der Waals surface area contributed by atoms with Gasteiger partial charge in [-0.2, -0.15) is 5.10 Å². The van der Waals surface area contributed by atoms with E-state index in [2.05, 4.69) is 20.8 Å². The molecule has 1 aliphatic rings. The summed E-state index contributed by atoms with van der Waals surface area (Å²) < 4.78 is 13.1. The van der Waals surface area contributed by atoms with Crippen LogP contribution < -0.4 is 15.5 Å². The van der Waals surface area contributed by atoms with E-state index in [-0.39, 0.29) is 11.8 Å². The lowest BCUT2D eigenvalue weighted by Crippen LogP contribution is -2.25. The number of imidazole rings is 1. The smallest absolute Gasteiger partial charge is 0.287 e. The first kappa shape index (κ1) is 22.3. The van der Waals surface area contributed by atoms with Gasteiger partial charge in [0.15, 0.2) is 5.76 Å². The van der Waals surface area contributed by atoms with Crippen LogP contribution in [0.1, 0.15) is 57.1 Å². The van der Waals surface area contributed by atoms with Crippen LogP contribution in [0.3, 0.4) is 0 Å². The molecule has 0 spiro atoms. The monoisotopic (exact) mass is 449 g/mol. The summed E-state index contributed by atoms with van der Waals surface area (Å²) in [5.74, 6) is 1.06. The van der Waals surface area contributed by atoms with Gasteiger partial charge in [0.1, 0.15) is 11.5 Å². The largest absolute Gasteiger partial charge is 0.497 e. The third-order valence-corrected chi connectivity index (χ3v) is 5.59. The third kappa shape index (κ3) is 5.14. The van der Waals surface area contributed by atoms with Crippen LogP contribution in [-0.4, -0.2) is 40.7 Å². The summed E-state index contributed by atoms with van der Waals surface area (Å²) in [6.07, 6.45) is 8.41. The second-order valence-electron chi connectivity index (χ2n) is 7.85. The van der Waals surface area contributed by atoms with E-state index in [1.165, 1.54) is 0 Å². The Morgan fingerprint density at radius 2 is 2.15 bits per heavy atom. The van der Waals surface area contributed by atoms with Crippen molar-refractivity contribution in [1.82, 2.24) is 20.3 Å². The number of amides is 2. The van der Waals surface area contributed by atoms with Crippen LogP contribution in [0.2, 0.25) is 0 Å². The van der Waals surface area contributed by atoms with Gasteiger partial charge in [-0.15, -0.1) is 0 Å². The number of hydrogen-bond acceptors (Lipinski definition) is 6. The molecule has 0 atom stereocenters. The first-order chi connectivity index (χ1) is 16.1. The van der Waals surface area contributed by atoms with Crippen LogP contribution in [0.4, 0.5) is 0 Å². The van der Waals surface area contributed by atoms with Gasteiger partial charge in [0.2, 0.25) is 0 Å². The maximum Gasteiger partial charge on any atom is 0.287 e. The van der Waals surface area contributed by atoms with Gasteiger partial charge in [0.05, 0.1) is 19.1 Å². The molecule has 33 heavy (non-hydrogen) atoms. The summed E-state index contributed by atoms with van der Waals surface area (Å²) in [7, 11) is 1.55. The molecule has 0 bridgehead atoms. The van der Waals surface area contributed by atoms with E-state index in [4.69, 9.17) is 9.15 Å². The topological polar surface area (TPSA) is 111 Å².